The number of aromatic nitrogens is 2. The Kier molecular flexibility index (Phi) is 3.43. The van der Waals surface area contributed by atoms with Crippen molar-refractivity contribution in [2.24, 2.45) is 0 Å². The maximum atomic E-state index is 6.19. The second kappa shape index (κ2) is 5.48. The van der Waals surface area contributed by atoms with Crippen molar-refractivity contribution in [3.05, 3.63) is 65.1 Å². The van der Waals surface area contributed by atoms with E-state index in [9.17, 15) is 0 Å². The summed E-state index contributed by atoms with van der Waals surface area (Å²) < 4.78 is 5.51. The molecule has 0 amide bonds. The van der Waals surface area contributed by atoms with Gasteiger partial charge in [-0.2, -0.15) is 0 Å². The quantitative estimate of drug-likeness (QED) is 0.741. The fraction of sp³-hybridized carbons (Fsp3) is 0.222. The van der Waals surface area contributed by atoms with Gasteiger partial charge in [-0.1, -0.05) is 23.7 Å². The molecule has 4 rings (SSSR count). The van der Waals surface area contributed by atoms with E-state index < -0.39 is 0 Å². The second-order valence-electron chi connectivity index (χ2n) is 5.89. The molecule has 1 N–H and O–H groups in total. The summed E-state index contributed by atoms with van der Waals surface area (Å²) in [6, 6.07) is 12.2. The smallest absolute Gasteiger partial charge is 0.132 e. The van der Waals surface area contributed by atoms with Gasteiger partial charge < -0.3 is 10.1 Å². The lowest BCUT2D eigenvalue weighted by atomic mass is 9.85. The van der Waals surface area contributed by atoms with Crippen LogP contribution in [0, 0.1) is 6.92 Å². The number of nitrogens with zero attached hydrogens (tertiary/aromatic N) is 2. The maximum Gasteiger partial charge on any atom is 0.132 e. The predicted octanol–water partition coefficient (Wildman–Crippen LogP) is 3.93. The highest BCUT2D eigenvalue weighted by Gasteiger charge is 2.41. The molecule has 1 aliphatic rings. The molecule has 4 nitrogen and oxygen atoms in total. The van der Waals surface area contributed by atoms with Gasteiger partial charge in [0.05, 0.1) is 18.7 Å². The molecule has 0 unspecified atom stereocenters. The van der Waals surface area contributed by atoms with Crippen molar-refractivity contribution < 1.29 is 4.74 Å². The fourth-order valence-electron chi connectivity index (χ4n) is 3.05. The lowest BCUT2D eigenvalue weighted by molar-refractivity contribution is -0.0450. The molecule has 0 atom stereocenters. The van der Waals surface area contributed by atoms with E-state index in [-0.39, 0.29) is 5.54 Å². The molecule has 0 aliphatic carbocycles. The number of rotatable bonds is 3. The van der Waals surface area contributed by atoms with Crippen molar-refractivity contribution in [3.8, 4) is 0 Å². The minimum absolute atomic E-state index is 0.265. The Morgan fingerprint density at radius 2 is 2.00 bits per heavy atom. The van der Waals surface area contributed by atoms with Crippen LogP contribution in [0.2, 0.25) is 5.15 Å². The molecular weight excluding hydrogens is 310 g/mol. The standard InChI is InChI=1S/C18H16ClN3O/c1-12-15(6-8-21-17(12)19)18(10-23-11-18)22-14-5-4-13-3-2-7-20-16(13)9-14/h2-9,22H,10-11H2,1H3. The van der Waals surface area contributed by atoms with Gasteiger partial charge in [-0.15, -0.1) is 0 Å². The second-order valence-corrected chi connectivity index (χ2v) is 6.24. The minimum Gasteiger partial charge on any atom is -0.376 e. The van der Waals surface area contributed by atoms with Crippen LogP contribution in [0.4, 0.5) is 5.69 Å². The molecule has 23 heavy (non-hydrogen) atoms. The maximum absolute atomic E-state index is 6.19. The normalized spacial score (nSPS) is 16.1. The molecule has 1 aliphatic heterocycles. The molecule has 0 bridgehead atoms. The van der Waals surface area contributed by atoms with Gasteiger partial charge in [0.15, 0.2) is 0 Å². The van der Waals surface area contributed by atoms with Crippen molar-refractivity contribution in [3.63, 3.8) is 0 Å². The number of pyridine rings is 2. The number of anilines is 1. The van der Waals surface area contributed by atoms with Crippen LogP contribution in [0.5, 0.6) is 0 Å². The number of ether oxygens (including phenoxy) is 1. The average molecular weight is 326 g/mol. The molecule has 5 heteroatoms. The fourth-order valence-corrected chi connectivity index (χ4v) is 3.21. The highest BCUT2D eigenvalue weighted by atomic mass is 35.5. The first kappa shape index (κ1) is 14.4. The van der Waals surface area contributed by atoms with Crippen LogP contribution in [0.15, 0.2) is 48.8 Å². The van der Waals surface area contributed by atoms with Crippen molar-refractivity contribution in [1.29, 1.82) is 0 Å². The van der Waals surface area contributed by atoms with Gasteiger partial charge in [-0.05, 0) is 42.3 Å². The third-order valence-electron chi connectivity index (χ3n) is 4.34. The van der Waals surface area contributed by atoms with Gasteiger partial charge in [0.1, 0.15) is 10.7 Å². The van der Waals surface area contributed by atoms with Crippen LogP contribution in [-0.4, -0.2) is 23.2 Å². The van der Waals surface area contributed by atoms with Crippen molar-refractivity contribution >= 4 is 28.2 Å². The summed E-state index contributed by atoms with van der Waals surface area (Å²) in [5.41, 5.74) is 3.84. The first-order valence-corrected chi connectivity index (χ1v) is 7.88. The number of hydrogen-bond donors (Lipinski definition) is 1. The first-order chi connectivity index (χ1) is 11.2. The Morgan fingerprint density at radius 1 is 1.13 bits per heavy atom. The highest BCUT2D eigenvalue weighted by molar-refractivity contribution is 6.30. The molecule has 1 fully saturated rings. The van der Waals surface area contributed by atoms with E-state index in [1.807, 2.05) is 19.1 Å². The van der Waals surface area contributed by atoms with E-state index in [0.717, 1.165) is 27.7 Å². The molecule has 0 spiro atoms. The number of hydrogen-bond acceptors (Lipinski definition) is 4. The van der Waals surface area contributed by atoms with Crippen LogP contribution < -0.4 is 5.32 Å². The number of benzene rings is 1. The summed E-state index contributed by atoms with van der Waals surface area (Å²) in [6.45, 7) is 3.21. The third kappa shape index (κ3) is 2.44. The SMILES string of the molecule is Cc1c(C2(Nc3ccc4cccnc4c3)COC2)ccnc1Cl. The zero-order chi connectivity index (χ0) is 15.9. The molecule has 1 aromatic carbocycles. The summed E-state index contributed by atoms with van der Waals surface area (Å²) in [5, 5.41) is 5.28. The molecule has 0 radical (unpaired) electrons. The molecule has 0 saturated carbocycles. The van der Waals surface area contributed by atoms with Crippen LogP contribution in [0.25, 0.3) is 10.9 Å². The predicted molar refractivity (Wildman–Crippen MR) is 91.8 cm³/mol. The van der Waals surface area contributed by atoms with Gasteiger partial charge in [-0.25, -0.2) is 4.98 Å². The van der Waals surface area contributed by atoms with Crippen molar-refractivity contribution in [2.45, 2.75) is 12.5 Å². The zero-order valence-corrected chi connectivity index (χ0v) is 13.5. The lowest BCUT2D eigenvalue weighted by Crippen LogP contribution is -2.53. The van der Waals surface area contributed by atoms with E-state index in [1.54, 1.807) is 12.4 Å². The Hall–Kier alpha value is -2.17. The van der Waals surface area contributed by atoms with E-state index in [1.165, 1.54) is 0 Å². The minimum atomic E-state index is -0.265. The molecule has 116 valence electrons. The Bertz CT molecular complexity index is 877. The summed E-state index contributed by atoms with van der Waals surface area (Å²) in [7, 11) is 0. The van der Waals surface area contributed by atoms with E-state index in [4.69, 9.17) is 16.3 Å². The van der Waals surface area contributed by atoms with Crippen molar-refractivity contribution in [2.75, 3.05) is 18.5 Å². The Labute approximate surface area is 139 Å². The highest BCUT2D eigenvalue weighted by Crippen LogP contribution is 2.37. The summed E-state index contributed by atoms with van der Waals surface area (Å²) in [4.78, 5) is 8.56. The van der Waals surface area contributed by atoms with Crippen LogP contribution >= 0.6 is 11.6 Å². The van der Waals surface area contributed by atoms with Gasteiger partial charge >= 0.3 is 0 Å². The number of halogens is 1. The molecule has 3 aromatic rings. The first-order valence-electron chi connectivity index (χ1n) is 7.50. The lowest BCUT2D eigenvalue weighted by Gasteiger charge is -2.44. The topological polar surface area (TPSA) is 47.0 Å². The summed E-state index contributed by atoms with van der Waals surface area (Å²) in [5.74, 6) is 0. The van der Waals surface area contributed by atoms with E-state index >= 15 is 0 Å². The van der Waals surface area contributed by atoms with Gasteiger partial charge in [-0.3, -0.25) is 4.98 Å². The number of fused-ring (bicyclic) bond motifs is 1. The Morgan fingerprint density at radius 3 is 2.78 bits per heavy atom. The van der Waals surface area contributed by atoms with Crippen molar-refractivity contribution in [1.82, 2.24) is 9.97 Å². The van der Waals surface area contributed by atoms with Crippen LogP contribution in [0.3, 0.4) is 0 Å². The zero-order valence-electron chi connectivity index (χ0n) is 12.7. The largest absolute Gasteiger partial charge is 0.376 e. The van der Waals surface area contributed by atoms with E-state index in [0.29, 0.717) is 18.4 Å². The summed E-state index contributed by atoms with van der Waals surface area (Å²) >= 11 is 6.19. The van der Waals surface area contributed by atoms with Gasteiger partial charge in [0.25, 0.3) is 0 Å². The average Bonchev–Trinajstić information content (AvgIpc) is 2.54. The summed E-state index contributed by atoms with van der Waals surface area (Å²) in [6.07, 6.45) is 3.55. The monoisotopic (exact) mass is 325 g/mol. The number of nitrogens with one attached hydrogen (secondary N) is 1. The van der Waals surface area contributed by atoms with Gasteiger partial charge in [0.2, 0.25) is 0 Å². The van der Waals surface area contributed by atoms with Crippen LogP contribution in [0.1, 0.15) is 11.1 Å². The molecule has 1 saturated heterocycles. The van der Waals surface area contributed by atoms with E-state index in [2.05, 4.69) is 39.6 Å². The van der Waals surface area contributed by atoms with Gasteiger partial charge in [0, 0.05) is 23.5 Å². The molecule has 2 aromatic heterocycles. The van der Waals surface area contributed by atoms with Crippen LogP contribution in [-0.2, 0) is 10.3 Å². The molecular formula is C18H16ClN3O. The Balaban J connectivity index is 1.73. The molecule has 3 heterocycles. The third-order valence-corrected chi connectivity index (χ3v) is 4.73.